The van der Waals surface area contributed by atoms with Crippen LogP contribution in [0.25, 0.3) is 0 Å². The number of methoxy groups -OCH3 is 1. The summed E-state index contributed by atoms with van der Waals surface area (Å²) in [5, 5.41) is 0. The molecule has 0 spiro atoms. The van der Waals surface area contributed by atoms with E-state index in [9.17, 15) is 4.79 Å². The minimum absolute atomic E-state index is 0.199. The first kappa shape index (κ1) is 12.9. The molecule has 0 aromatic heterocycles. The second-order valence-electron chi connectivity index (χ2n) is 6.40. The van der Waals surface area contributed by atoms with Gasteiger partial charge in [-0.2, -0.15) is 0 Å². The van der Waals surface area contributed by atoms with E-state index in [-0.39, 0.29) is 17.5 Å². The van der Waals surface area contributed by atoms with Crippen LogP contribution in [0.1, 0.15) is 47.0 Å². The lowest BCUT2D eigenvalue weighted by Gasteiger charge is -2.39. The summed E-state index contributed by atoms with van der Waals surface area (Å²) in [6.45, 7) is 8.79. The Balaban J connectivity index is 2.08. The number of hydrogen-bond acceptors (Lipinski definition) is 3. The molecule has 0 aliphatic heterocycles. The molecule has 3 nitrogen and oxygen atoms in total. The zero-order valence-electron chi connectivity index (χ0n) is 11.6. The van der Waals surface area contributed by atoms with Crippen LogP contribution in [0.4, 0.5) is 0 Å². The molecule has 4 atom stereocenters. The molecule has 0 amide bonds. The summed E-state index contributed by atoms with van der Waals surface area (Å²) < 4.78 is 10.7. The van der Waals surface area contributed by atoms with E-state index in [1.807, 2.05) is 0 Å². The fraction of sp³-hybridized carbons (Fsp3) is 0.929. The normalized spacial score (nSPS) is 40.3. The van der Waals surface area contributed by atoms with E-state index in [0.717, 1.165) is 12.3 Å². The molecule has 0 radical (unpaired) electrons. The summed E-state index contributed by atoms with van der Waals surface area (Å²) in [4.78, 5) is 11.4. The van der Waals surface area contributed by atoms with Crippen LogP contribution >= 0.6 is 0 Å². The molecule has 0 saturated heterocycles. The Morgan fingerprint density at radius 1 is 1.35 bits per heavy atom. The Morgan fingerprint density at radius 2 is 2.00 bits per heavy atom. The molecule has 0 N–H and O–H groups in total. The maximum atomic E-state index is 11.4. The van der Waals surface area contributed by atoms with Crippen LogP contribution in [-0.4, -0.2) is 25.3 Å². The Kier molecular flexibility index (Phi) is 3.01. The van der Waals surface area contributed by atoms with Crippen molar-refractivity contribution in [3.05, 3.63) is 0 Å². The van der Waals surface area contributed by atoms with Crippen LogP contribution in [0.2, 0.25) is 0 Å². The molecule has 0 aromatic rings. The molecule has 0 heterocycles. The molecular weight excluding hydrogens is 216 g/mol. The second kappa shape index (κ2) is 3.98. The predicted octanol–water partition coefficient (Wildman–Crippen LogP) is 2.78. The smallest absolute Gasteiger partial charge is 0.334 e. The van der Waals surface area contributed by atoms with Crippen molar-refractivity contribution in [2.24, 2.45) is 16.7 Å². The molecule has 2 aliphatic carbocycles. The monoisotopic (exact) mass is 240 g/mol. The summed E-state index contributed by atoms with van der Waals surface area (Å²) >= 11 is 0. The lowest BCUT2D eigenvalue weighted by Crippen LogP contribution is -2.40. The van der Waals surface area contributed by atoms with Gasteiger partial charge in [-0.05, 0) is 42.9 Å². The minimum Gasteiger partial charge on any atom is -0.467 e. The fourth-order valence-electron chi connectivity index (χ4n) is 3.80. The molecular formula is C14H24O3. The summed E-state index contributed by atoms with van der Waals surface area (Å²) in [5.74, 6) is 0.469. The highest BCUT2D eigenvalue weighted by Crippen LogP contribution is 2.66. The predicted molar refractivity (Wildman–Crippen MR) is 65.6 cm³/mol. The molecule has 2 rings (SSSR count). The van der Waals surface area contributed by atoms with Gasteiger partial charge < -0.3 is 9.47 Å². The Labute approximate surface area is 104 Å². The maximum absolute atomic E-state index is 11.4. The van der Waals surface area contributed by atoms with Gasteiger partial charge in [0.25, 0.3) is 0 Å². The summed E-state index contributed by atoms with van der Waals surface area (Å²) in [6.07, 6.45) is 3.35. The standard InChI is InChI=1S/C14H24O3/c1-9(12(15)16-5)17-11-8-10-6-7-14(11,4)13(10,2)3/h9-11H,6-8H2,1-5H3. The molecule has 2 aliphatic rings. The average Bonchev–Trinajstić information content (AvgIpc) is 2.60. The van der Waals surface area contributed by atoms with Crippen molar-refractivity contribution in [1.29, 1.82) is 0 Å². The van der Waals surface area contributed by atoms with Crippen molar-refractivity contribution >= 4 is 5.97 Å². The Bertz CT molecular complexity index is 323. The molecule has 2 saturated carbocycles. The quantitative estimate of drug-likeness (QED) is 0.712. The van der Waals surface area contributed by atoms with Gasteiger partial charge in [0.15, 0.2) is 6.10 Å². The number of fused-ring (bicyclic) bond motifs is 2. The van der Waals surface area contributed by atoms with Gasteiger partial charge in [0, 0.05) is 0 Å². The summed E-state index contributed by atoms with van der Waals surface area (Å²) in [6, 6.07) is 0. The van der Waals surface area contributed by atoms with E-state index in [1.54, 1.807) is 6.92 Å². The third-order valence-electron chi connectivity index (χ3n) is 5.62. The molecule has 4 unspecified atom stereocenters. The lowest BCUT2D eigenvalue weighted by atomic mass is 9.70. The zero-order valence-corrected chi connectivity index (χ0v) is 11.6. The summed E-state index contributed by atoms with van der Waals surface area (Å²) in [5.41, 5.74) is 0.535. The van der Waals surface area contributed by atoms with Crippen molar-refractivity contribution in [3.8, 4) is 0 Å². The third kappa shape index (κ3) is 1.70. The third-order valence-corrected chi connectivity index (χ3v) is 5.62. The number of hydrogen-bond donors (Lipinski definition) is 0. The van der Waals surface area contributed by atoms with Crippen LogP contribution in [0, 0.1) is 16.7 Å². The van der Waals surface area contributed by atoms with Crippen LogP contribution < -0.4 is 0 Å². The van der Waals surface area contributed by atoms with Gasteiger partial charge in [-0.25, -0.2) is 4.79 Å². The molecule has 2 bridgehead atoms. The van der Waals surface area contributed by atoms with Crippen LogP contribution in [0.5, 0.6) is 0 Å². The highest BCUT2D eigenvalue weighted by molar-refractivity contribution is 5.74. The number of ether oxygens (including phenoxy) is 2. The van der Waals surface area contributed by atoms with Gasteiger partial charge in [0.2, 0.25) is 0 Å². The van der Waals surface area contributed by atoms with Gasteiger partial charge in [-0.3, -0.25) is 0 Å². The van der Waals surface area contributed by atoms with Crippen LogP contribution in [-0.2, 0) is 14.3 Å². The van der Waals surface area contributed by atoms with Crippen LogP contribution in [0.15, 0.2) is 0 Å². The first-order valence-corrected chi connectivity index (χ1v) is 6.56. The number of rotatable bonds is 3. The van der Waals surface area contributed by atoms with Gasteiger partial charge in [0.1, 0.15) is 0 Å². The fourth-order valence-corrected chi connectivity index (χ4v) is 3.80. The minimum atomic E-state index is -0.447. The first-order chi connectivity index (χ1) is 7.83. The largest absolute Gasteiger partial charge is 0.467 e. The summed E-state index contributed by atoms with van der Waals surface area (Å²) in [7, 11) is 1.41. The van der Waals surface area contributed by atoms with E-state index < -0.39 is 6.10 Å². The second-order valence-corrected chi connectivity index (χ2v) is 6.40. The number of carbonyl (C=O) groups excluding carboxylic acids is 1. The van der Waals surface area contributed by atoms with Crippen molar-refractivity contribution in [1.82, 2.24) is 0 Å². The Morgan fingerprint density at radius 3 is 2.41 bits per heavy atom. The van der Waals surface area contributed by atoms with E-state index in [4.69, 9.17) is 9.47 Å². The SMILES string of the molecule is COC(=O)C(C)OC1CC2CCC1(C)C2(C)C. The van der Waals surface area contributed by atoms with E-state index in [1.165, 1.54) is 20.0 Å². The molecule has 98 valence electrons. The van der Waals surface area contributed by atoms with Crippen LogP contribution in [0.3, 0.4) is 0 Å². The van der Waals surface area contributed by atoms with Gasteiger partial charge >= 0.3 is 5.97 Å². The first-order valence-electron chi connectivity index (χ1n) is 6.56. The van der Waals surface area contributed by atoms with Gasteiger partial charge in [0.05, 0.1) is 13.2 Å². The van der Waals surface area contributed by atoms with E-state index in [2.05, 4.69) is 20.8 Å². The van der Waals surface area contributed by atoms with E-state index in [0.29, 0.717) is 5.41 Å². The van der Waals surface area contributed by atoms with Crippen molar-refractivity contribution in [3.63, 3.8) is 0 Å². The number of carbonyl (C=O) groups is 1. The van der Waals surface area contributed by atoms with Crippen molar-refractivity contribution in [2.45, 2.75) is 59.2 Å². The topological polar surface area (TPSA) is 35.5 Å². The molecule has 3 heteroatoms. The zero-order chi connectivity index (χ0) is 12.8. The highest BCUT2D eigenvalue weighted by atomic mass is 16.6. The Hall–Kier alpha value is -0.570. The van der Waals surface area contributed by atoms with Gasteiger partial charge in [-0.1, -0.05) is 20.8 Å². The molecule has 0 aromatic carbocycles. The highest BCUT2D eigenvalue weighted by Gasteiger charge is 2.62. The van der Waals surface area contributed by atoms with Gasteiger partial charge in [-0.15, -0.1) is 0 Å². The van der Waals surface area contributed by atoms with Crippen molar-refractivity contribution < 1.29 is 14.3 Å². The average molecular weight is 240 g/mol. The van der Waals surface area contributed by atoms with E-state index >= 15 is 0 Å². The lowest BCUT2D eigenvalue weighted by molar-refractivity contribution is -0.162. The molecule has 17 heavy (non-hydrogen) atoms. The van der Waals surface area contributed by atoms with Crippen molar-refractivity contribution in [2.75, 3.05) is 7.11 Å². The number of esters is 1. The molecule has 2 fully saturated rings. The maximum Gasteiger partial charge on any atom is 0.334 e.